The molecule has 0 aliphatic rings. The Morgan fingerprint density at radius 3 is 2.03 bits per heavy atom. The zero-order valence-electron chi connectivity index (χ0n) is 19.2. The third-order valence-electron chi connectivity index (χ3n) is 5.79. The molecule has 0 radical (unpaired) electrons. The summed E-state index contributed by atoms with van der Waals surface area (Å²) in [6, 6.07) is 24.1. The van der Waals surface area contributed by atoms with Crippen molar-refractivity contribution in [3.63, 3.8) is 0 Å². The minimum Gasteiger partial charge on any atom is -0.508 e. The molecule has 0 bridgehead atoms. The van der Waals surface area contributed by atoms with E-state index < -0.39 is 23.8 Å². The molecule has 2 N–H and O–H groups in total. The number of rotatable bonds is 8. The maximum atomic E-state index is 13.2. The van der Waals surface area contributed by atoms with Crippen LogP contribution in [0.4, 0.5) is 0 Å². The highest BCUT2D eigenvalue weighted by atomic mass is 16.6. The van der Waals surface area contributed by atoms with Gasteiger partial charge in [-0.25, -0.2) is 0 Å². The van der Waals surface area contributed by atoms with Crippen molar-refractivity contribution in [1.82, 2.24) is 4.98 Å². The fourth-order valence-corrected chi connectivity index (χ4v) is 4.36. The summed E-state index contributed by atoms with van der Waals surface area (Å²) < 4.78 is 10.7. The number of esters is 2. The Bertz CT molecular complexity index is 1260. The lowest BCUT2D eigenvalue weighted by Crippen LogP contribution is -2.34. The molecule has 0 saturated carbocycles. The van der Waals surface area contributed by atoms with Crippen molar-refractivity contribution in [1.29, 1.82) is 0 Å². The summed E-state index contributed by atoms with van der Waals surface area (Å²) in [5.74, 6) is -3.16. The molecule has 4 aromatic rings. The topological polar surface area (TPSA) is 88.6 Å². The Hall–Kier alpha value is -4.06. The third kappa shape index (κ3) is 4.53. The van der Waals surface area contributed by atoms with Crippen LogP contribution in [0.1, 0.15) is 30.9 Å². The first-order valence-electron chi connectivity index (χ1n) is 11.3. The number of hydrogen-bond donors (Lipinski definition) is 2. The summed E-state index contributed by atoms with van der Waals surface area (Å²) in [6.45, 7) is 3.68. The molecule has 1 atom stereocenters. The van der Waals surface area contributed by atoms with Gasteiger partial charge < -0.3 is 19.6 Å². The summed E-state index contributed by atoms with van der Waals surface area (Å²) in [7, 11) is 0. The van der Waals surface area contributed by atoms with Gasteiger partial charge in [-0.2, -0.15) is 0 Å². The van der Waals surface area contributed by atoms with Crippen LogP contribution in [0.5, 0.6) is 5.75 Å². The number of hydrogen-bond acceptors (Lipinski definition) is 5. The summed E-state index contributed by atoms with van der Waals surface area (Å²) in [5.41, 5.74) is 4.08. The van der Waals surface area contributed by atoms with E-state index in [4.69, 9.17) is 9.47 Å². The Morgan fingerprint density at radius 1 is 0.824 bits per heavy atom. The number of phenolic OH excluding ortho intramolecular Hbond substituents is 1. The molecule has 174 valence electrons. The number of aromatic nitrogens is 1. The number of nitrogens with one attached hydrogen (secondary N) is 1. The van der Waals surface area contributed by atoms with E-state index in [2.05, 4.69) is 4.98 Å². The molecular formula is C28H27NO5. The first-order chi connectivity index (χ1) is 16.5. The molecule has 4 rings (SSSR count). The number of H-pyrrole nitrogens is 1. The van der Waals surface area contributed by atoms with Crippen LogP contribution < -0.4 is 0 Å². The first kappa shape index (κ1) is 23.1. The number of para-hydroxylation sites is 1. The fourth-order valence-electron chi connectivity index (χ4n) is 4.36. The summed E-state index contributed by atoms with van der Waals surface area (Å²) in [6.07, 6.45) is 0. The van der Waals surface area contributed by atoms with Gasteiger partial charge in [-0.15, -0.1) is 0 Å². The number of fused-ring (bicyclic) bond motifs is 1. The molecule has 0 fully saturated rings. The number of ether oxygens (including phenoxy) is 2. The highest BCUT2D eigenvalue weighted by Gasteiger charge is 2.41. The molecule has 0 aliphatic heterocycles. The van der Waals surface area contributed by atoms with Gasteiger partial charge in [0, 0.05) is 16.8 Å². The number of carbonyl (C=O) groups is 2. The summed E-state index contributed by atoms with van der Waals surface area (Å²) in [4.78, 5) is 30.0. The van der Waals surface area contributed by atoms with Gasteiger partial charge in [0.1, 0.15) is 5.75 Å². The van der Waals surface area contributed by atoms with Crippen molar-refractivity contribution in [2.75, 3.05) is 13.2 Å². The molecule has 3 aromatic carbocycles. The van der Waals surface area contributed by atoms with E-state index in [-0.39, 0.29) is 19.0 Å². The van der Waals surface area contributed by atoms with Crippen molar-refractivity contribution in [2.45, 2.75) is 19.8 Å². The van der Waals surface area contributed by atoms with Crippen molar-refractivity contribution in [3.8, 4) is 17.0 Å². The second-order valence-electron chi connectivity index (χ2n) is 7.88. The second-order valence-corrected chi connectivity index (χ2v) is 7.88. The lowest BCUT2D eigenvalue weighted by molar-refractivity contribution is -0.162. The molecule has 0 amide bonds. The molecule has 0 aliphatic carbocycles. The van der Waals surface area contributed by atoms with Gasteiger partial charge in [-0.1, -0.05) is 60.7 Å². The van der Waals surface area contributed by atoms with Crippen molar-refractivity contribution < 1.29 is 24.2 Å². The van der Waals surface area contributed by atoms with Gasteiger partial charge in [0.25, 0.3) is 0 Å². The lowest BCUT2D eigenvalue weighted by Gasteiger charge is -2.26. The van der Waals surface area contributed by atoms with Crippen LogP contribution in [-0.4, -0.2) is 35.2 Å². The molecule has 1 aromatic heterocycles. The van der Waals surface area contributed by atoms with Crippen LogP contribution in [0.15, 0.2) is 78.9 Å². The number of phenols is 1. The predicted molar refractivity (Wildman–Crippen MR) is 130 cm³/mol. The molecule has 6 heteroatoms. The minimum absolute atomic E-state index is 0.0912. The molecule has 0 saturated heterocycles. The minimum atomic E-state index is -1.23. The van der Waals surface area contributed by atoms with Gasteiger partial charge in [0.15, 0.2) is 5.92 Å². The van der Waals surface area contributed by atoms with Crippen LogP contribution >= 0.6 is 0 Å². The Morgan fingerprint density at radius 2 is 1.41 bits per heavy atom. The summed E-state index contributed by atoms with van der Waals surface area (Å²) in [5, 5.41) is 10.8. The van der Waals surface area contributed by atoms with Crippen LogP contribution in [0, 0.1) is 5.92 Å². The number of carbonyl (C=O) groups excluding carboxylic acids is 2. The standard InChI is InChI=1S/C28H27NO5/c1-3-33-27(31)25(28(32)34-4-2)23(18-14-16-20(30)17-15-18)24-21-12-8-9-13-22(21)29-26(24)19-10-6-5-7-11-19/h5-17,23,25,29-30H,3-4H2,1-2H3. The quantitative estimate of drug-likeness (QED) is 0.273. The van der Waals surface area contributed by atoms with E-state index in [1.165, 1.54) is 0 Å². The van der Waals surface area contributed by atoms with E-state index in [1.807, 2.05) is 54.6 Å². The zero-order valence-corrected chi connectivity index (χ0v) is 19.2. The van der Waals surface area contributed by atoms with Gasteiger partial charge in [0.2, 0.25) is 0 Å². The smallest absolute Gasteiger partial charge is 0.321 e. The van der Waals surface area contributed by atoms with Crippen LogP contribution in [-0.2, 0) is 19.1 Å². The zero-order chi connectivity index (χ0) is 24.1. The summed E-state index contributed by atoms with van der Waals surface area (Å²) >= 11 is 0. The van der Waals surface area contributed by atoms with E-state index in [9.17, 15) is 14.7 Å². The van der Waals surface area contributed by atoms with Crippen molar-refractivity contribution in [2.24, 2.45) is 5.92 Å². The molecule has 1 heterocycles. The van der Waals surface area contributed by atoms with Crippen LogP contribution in [0.2, 0.25) is 0 Å². The normalized spacial score (nSPS) is 12.0. The highest BCUT2D eigenvalue weighted by molar-refractivity contribution is 6.00. The van der Waals surface area contributed by atoms with Crippen molar-refractivity contribution in [3.05, 3.63) is 90.0 Å². The van der Waals surface area contributed by atoms with E-state index in [1.54, 1.807) is 38.1 Å². The van der Waals surface area contributed by atoms with E-state index >= 15 is 0 Å². The van der Waals surface area contributed by atoms with Gasteiger partial charge in [0.05, 0.1) is 18.9 Å². The monoisotopic (exact) mass is 457 g/mol. The highest BCUT2D eigenvalue weighted by Crippen LogP contribution is 2.43. The molecule has 6 nitrogen and oxygen atoms in total. The average molecular weight is 458 g/mol. The lowest BCUT2D eigenvalue weighted by atomic mass is 9.78. The molecule has 1 unspecified atom stereocenters. The predicted octanol–water partition coefficient (Wildman–Crippen LogP) is 5.41. The number of aromatic amines is 1. The van der Waals surface area contributed by atoms with Gasteiger partial charge in [-0.3, -0.25) is 9.59 Å². The third-order valence-corrected chi connectivity index (χ3v) is 5.79. The number of aromatic hydroxyl groups is 1. The van der Waals surface area contributed by atoms with E-state index in [0.29, 0.717) is 5.56 Å². The first-order valence-corrected chi connectivity index (χ1v) is 11.3. The second kappa shape index (κ2) is 10.3. The maximum absolute atomic E-state index is 13.2. The van der Waals surface area contributed by atoms with E-state index in [0.717, 1.165) is 27.7 Å². The molecule has 0 spiro atoms. The number of benzene rings is 3. The Kier molecular flexibility index (Phi) is 6.97. The average Bonchev–Trinajstić information content (AvgIpc) is 3.23. The van der Waals surface area contributed by atoms with Gasteiger partial charge in [-0.05, 0) is 48.7 Å². The molecular weight excluding hydrogens is 430 g/mol. The van der Waals surface area contributed by atoms with Gasteiger partial charge >= 0.3 is 11.9 Å². The van der Waals surface area contributed by atoms with Crippen LogP contribution in [0.3, 0.4) is 0 Å². The largest absolute Gasteiger partial charge is 0.508 e. The maximum Gasteiger partial charge on any atom is 0.321 e. The fraction of sp³-hybridized carbons (Fsp3) is 0.214. The van der Waals surface area contributed by atoms with Crippen LogP contribution in [0.25, 0.3) is 22.2 Å². The molecule has 34 heavy (non-hydrogen) atoms. The Labute approximate surface area is 198 Å². The van der Waals surface area contributed by atoms with Crippen molar-refractivity contribution >= 4 is 22.8 Å². The Balaban J connectivity index is 2.04. The SMILES string of the molecule is CCOC(=O)C(C(=O)OCC)C(c1ccc(O)cc1)c1c(-c2ccccc2)[nH]c2ccccc12.